The van der Waals surface area contributed by atoms with Crippen molar-refractivity contribution >= 4 is 0 Å². The van der Waals surface area contributed by atoms with E-state index in [2.05, 4.69) is 14.9 Å². The van der Waals surface area contributed by atoms with Crippen LogP contribution in [-0.4, -0.2) is 58.8 Å². The maximum absolute atomic E-state index is 12.3. The third-order valence-corrected chi connectivity index (χ3v) is 6.11. The first-order valence-corrected chi connectivity index (χ1v) is 9.82. The van der Waals surface area contributed by atoms with Crippen molar-refractivity contribution in [2.24, 2.45) is 5.92 Å². The molecule has 1 aliphatic heterocycles. The zero-order chi connectivity index (χ0) is 16.4. The van der Waals surface area contributed by atoms with Gasteiger partial charge in [0.15, 0.2) is 0 Å². The SMILES string of the molecule is O=c1cc2c(nn1CCN1CCN(CC3CCC3)CC1)CCCC2. The van der Waals surface area contributed by atoms with Gasteiger partial charge in [-0.1, -0.05) is 6.42 Å². The molecule has 0 radical (unpaired) electrons. The van der Waals surface area contributed by atoms with E-state index in [0.29, 0.717) is 0 Å². The molecule has 0 atom stereocenters. The van der Waals surface area contributed by atoms with E-state index in [1.165, 1.54) is 57.3 Å². The van der Waals surface area contributed by atoms with Gasteiger partial charge in [0.05, 0.1) is 12.2 Å². The van der Waals surface area contributed by atoms with Gasteiger partial charge in [0.2, 0.25) is 0 Å². The number of hydrogen-bond acceptors (Lipinski definition) is 4. The van der Waals surface area contributed by atoms with Gasteiger partial charge in [-0.15, -0.1) is 0 Å². The summed E-state index contributed by atoms with van der Waals surface area (Å²) in [4.78, 5) is 17.4. The summed E-state index contributed by atoms with van der Waals surface area (Å²) in [5.74, 6) is 0.967. The second-order valence-electron chi connectivity index (χ2n) is 7.82. The largest absolute Gasteiger partial charge is 0.301 e. The van der Waals surface area contributed by atoms with E-state index in [1.54, 1.807) is 4.68 Å². The molecule has 5 nitrogen and oxygen atoms in total. The summed E-state index contributed by atoms with van der Waals surface area (Å²) in [6.45, 7) is 7.61. The van der Waals surface area contributed by atoms with E-state index >= 15 is 0 Å². The summed E-state index contributed by atoms with van der Waals surface area (Å²) in [7, 11) is 0. The molecule has 4 rings (SSSR count). The normalized spacial score (nSPS) is 23.0. The summed E-state index contributed by atoms with van der Waals surface area (Å²) in [5.41, 5.74) is 2.43. The van der Waals surface area contributed by atoms with Gasteiger partial charge in [-0.05, 0) is 50.0 Å². The Bertz CT molecular complexity index is 614. The van der Waals surface area contributed by atoms with Gasteiger partial charge in [-0.25, -0.2) is 4.68 Å². The monoisotopic (exact) mass is 330 g/mol. The molecule has 1 saturated carbocycles. The van der Waals surface area contributed by atoms with Crippen molar-refractivity contribution in [1.82, 2.24) is 19.6 Å². The minimum atomic E-state index is 0.0827. The topological polar surface area (TPSA) is 41.4 Å². The lowest BCUT2D eigenvalue weighted by atomic mass is 9.85. The van der Waals surface area contributed by atoms with Crippen molar-refractivity contribution in [2.75, 3.05) is 39.3 Å². The van der Waals surface area contributed by atoms with Crippen LogP contribution in [0, 0.1) is 5.92 Å². The van der Waals surface area contributed by atoms with Crippen LogP contribution in [0.2, 0.25) is 0 Å². The lowest BCUT2D eigenvalue weighted by Gasteiger charge is -2.38. The van der Waals surface area contributed by atoms with Crippen LogP contribution in [0.5, 0.6) is 0 Å². The van der Waals surface area contributed by atoms with Crippen LogP contribution in [0.25, 0.3) is 0 Å². The molecule has 24 heavy (non-hydrogen) atoms. The van der Waals surface area contributed by atoms with Crippen molar-refractivity contribution in [3.05, 3.63) is 27.7 Å². The zero-order valence-corrected chi connectivity index (χ0v) is 14.8. The van der Waals surface area contributed by atoms with Crippen molar-refractivity contribution in [1.29, 1.82) is 0 Å². The van der Waals surface area contributed by atoms with Gasteiger partial charge in [-0.3, -0.25) is 9.69 Å². The van der Waals surface area contributed by atoms with E-state index < -0.39 is 0 Å². The fraction of sp³-hybridized carbons (Fsp3) is 0.789. The molecule has 0 amide bonds. The van der Waals surface area contributed by atoms with Gasteiger partial charge < -0.3 is 4.90 Å². The van der Waals surface area contributed by atoms with Crippen LogP contribution in [0.3, 0.4) is 0 Å². The van der Waals surface area contributed by atoms with Crippen LogP contribution >= 0.6 is 0 Å². The molecular formula is C19H30N4O. The number of piperazine rings is 1. The fourth-order valence-corrected chi connectivity index (χ4v) is 4.23. The highest BCUT2D eigenvalue weighted by Crippen LogP contribution is 2.27. The smallest absolute Gasteiger partial charge is 0.267 e. The molecule has 0 bridgehead atoms. The average Bonchev–Trinajstić information content (AvgIpc) is 2.57. The maximum Gasteiger partial charge on any atom is 0.267 e. The Morgan fingerprint density at radius 3 is 2.46 bits per heavy atom. The molecule has 2 heterocycles. The second kappa shape index (κ2) is 7.36. The first kappa shape index (κ1) is 16.3. The molecule has 1 saturated heterocycles. The van der Waals surface area contributed by atoms with Crippen molar-refractivity contribution in [3.8, 4) is 0 Å². The predicted molar refractivity (Wildman–Crippen MR) is 95.4 cm³/mol. The quantitative estimate of drug-likeness (QED) is 0.821. The van der Waals surface area contributed by atoms with E-state index in [1.807, 2.05) is 6.07 Å². The lowest BCUT2D eigenvalue weighted by molar-refractivity contribution is 0.0976. The first-order valence-electron chi connectivity index (χ1n) is 9.82. The van der Waals surface area contributed by atoms with Gasteiger partial charge in [0.1, 0.15) is 0 Å². The second-order valence-corrected chi connectivity index (χ2v) is 7.82. The van der Waals surface area contributed by atoms with E-state index in [0.717, 1.165) is 50.6 Å². The Labute approximate surface area is 144 Å². The molecule has 0 spiro atoms. The van der Waals surface area contributed by atoms with E-state index in [9.17, 15) is 4.79 Å². The Kier molecular flexibility index (Phi) is 4.99. The number of aromatic nitrogens is 2. The van der Waals surface area contributed by atoms with Gasteiger partial charge >= 0.3 is 0 Å². The molecule has 3 aliphatic rings. The molecule has 1 aromatic rings. The summed E-state index contributed by atoms with van der Waals surface area (Å²) in [6.07, 6.45) is 8.79. The maximum atomic E-state index is 12.3. The van der Waals surface area contributed by atoms with Crippen molar-refractivity contribution in [2.45, 2.75) is 51.5 Å². The Morgan fingerprint density at radius 1 is 0.958 bits per heavy atom. The fourth-order valence-electron chi connectivity index (χ4n) is 4.23. The molecule has 1 aromatic heterocycles. The molecule has 2 fully saturated rings. The average molecular weight is 330 g/mol. The van der Waals surface area contributed by atoms with Crippen LogP contribution in [0.15, 0.2) is 10.9 Å². The summed E-state index contributed by atoms with van der Waals surface area (Å²) < 4.78 is 1.70. The van der Waals surface area contributed by atoms with E-state index in [4.69, 9.17) is 0 Å². The highest BCUT2D eigenvalue weighted by atomic mass is 16.1. The number of hydrogen-bond donors (Lipinski definition) is 0. The molecule has 0 aromatic carbocycles. The minimum Gasteiger partial charge on any atom is -0.301 e. The third-order valence-electron chi connectivity index (χ3n) is 6.11. The van der Waals surface area contributed by atoms with Crippen LogP contribution < -0.4 is 5.56 Å². The van der Waals surface area contributed by atoms with Crippen LogP contribution in [-0.2, 0) is 19.4 Å². The summed E-state index contributed by atoms with van der Waals surface area (Å²) >= 11 is 0. The highest BCUT2D eigenvalue weighted by Gasteiger charge is 2.23. The van der Waals surface area contributed by atoms with Gasteiger partial charge in [0, 0.05) is 45.3 Å². The van der Waals surface area contributed by atoms with Crippen molar-refractivity contribution in [3.63, 3.8) is 0 Å². The zero-order valence-electron chi connectivity index (χ0n) is 14.8. The Morgan fingerprint density at radius 2 is 1.71 bits per heavy atom. The standard InChI is InChI=1S/C19H30N4O/c24-19-14-17-6-1-2-7-18(17)20-23(19)13-12-21-8-10-22(11-9-21)15-16-4-3-5-16/h14,16H,1-13,15H2. The third kappa shape index (κ3) is 3.72. The van der Waals surface area contributed by atoms with E-state index in [-0.39, 0.29) is 5.56 Å². The Balaban J connectivity index is 1.27. The van der Waals surface area contributed by atoms with Gasteiger partial charge in [0.25, 0.3) is 5.56 Å². The lowest BCUT2D eigenvalue weighted by Crippen LogP contribution is -2.49. The molecule has 0 unspecified atom stereocenters. The molecule has 0 N–H and O–H groups in total. The molecular weight excluding hydrogens is 300 g/mol. The van der Waals surface area contributed by atoms with Crippen LogP contribution in [0.1, 0.15) is 43.4 Å². The minimum absolute atomic E-state index is 0.0827. The number of nitrogens with zero attached hydrogens (tertiary/aromatic N) is 4. The molecule has 2 aliphatic carbocycles. The number of aryl methyl sites for hydroxylation is 2. The highest BCUT2D eigenvalue weighted by molar-refractivity contribution is 5.20. The number of fused-ring (bicyclic) bond motifs is 1. The summed E-state index contributed by atoms with van der Waals surface area (Å²) in [5, 5.41) is 4.64. The molecule has 132 valence electrons. The molecule has 5 heteroatoms. The van der Waals surface area contributed by atoms with Crippen molar-refractivity contribution < 1.29 is 0 Å². The summed E-state index contributed by atoms with van der Waals surface area (Å²) in [6, 6.07) is 1.83. The Hall–Kier alpha value is -1.20. The number of rotatable bonds is 5. The van der Waals surface area contributed by atoms with Crippen LogP contribution in [0.4, 0.5) is 0 Å². The van der Waals surface area contributed by atoms with Gasteiger partial charge in [-0.2, -0.15) is 5.10 Å². The predicted octanol–water partition coefficient (Wildman–Crippen LogP) is 1.54. The first-order chi connectivity index (χ1) is 11.8.